The van der Waals surface area contributed by atoms with Gasteiger partial charge in [-0.25, -0.2) is 0 Å². The van der Waals surface area contributed by atoms with Crippen molar-refractivity contribution in [3.63, 3.8) is 0 Å². The Morgan fingerprint density at radius 2 is 1.89 bits per heavy atom. The maximum absolute atomic E-state index is 10.4. The van der Waals surface area contributed by atoms with Crippen LogP contribution in [0.3, 0.4) is 0 Å². The number of aliphatic hydroxyl groups is 1. The molecule has 1 rings (SSSR count). The lowest BCUT2D eigenvalue weighted by Gasteiger charge is -2.24. The molecule has 0 saturated carbocycles. The highest BCUT2D eigenvalue weighted by molar-refractivity contribution is 7.99. The highest BCUT2D eigenvalue weighted by atomic mass is 32.2. The standard InChI is InChI=1S/C16H27NOS/c1-13(2)9-12-19-15-7-5-14(6-8-15)16(3,18)10-11-17-4/h5-8,13,17-18H,9-12H2,1-4H3. The van der Waals surface area contributed by atoms with E-state index in [0.717, 1.165) is 30.2 Å². The van der Waals surface area contributed by atoms with Gasteiger partial charge in [0.1, 0.15) is 0 Å². The van der Waals surface area contributed by atoms with Crippen molar-refractivity contribution in [1.29, 1.82) is 0 Å². The van der Waals surface area contributed by atoms with E-state index < -0.39 is 5.60 Å². The summed E-state index contributed by atoms with van der Waals surface area (Å²) in [5, 5.41) is 13.5. The third-order valence-corrected chi connectivity index (χ3v) is 4.35. The van der Waals surface area contributed by atoms with E-state index in [1.54, 1.807) is 0 Å². The molecule has 19 heavy (non-hydrogen) atoms. The Kier molecular flexibility index (Phi) is 6.90. The van der Waals surface area contributed by atoms with Crippen LogP contribution in [0.25, 0.3) is 0 Å². The fourth-order valence-electron chi connectivity index (χ4n) is 1.84. The van der Waals surface area contributed by atoms with Crippen molar-refractivity contribution in [2.45, 2.75) is 44.1 Å². The van der Waals surface area contributed by atoms with Crippen molar-refractivity contribution in [2.24, 2.45) is 5.92 Å². The number of nitrogens with one attached hydrogen (secondary N) is 1. The molecular formula is C16H27NOS. The average Bonchev–Trinajstić information content (AvgIpc) is 2.37. The van der Waals surface area contributed by atoms with Gasteiger partial charge in [0.25, 0.3) is 0 Å². The van der Waals surface area contributed by atoms with Gasteiger partial charge in [0, 0.05) is 4.90 Å². The van der Waals surface area contributed by atoms with E-state index in [0.29, 0.717) is 0 Å². The van der Waals surface area contributed by atoms with Crippen molar-refractivity contribution in [2.75, 3.05) is 19.3 Å². The second-order valence-electron chi connectivity index (χ2n) is 5.68. The van der Waals surface area contributed by atoms with Gasteiger partial charge in [0.15, 0.2) is 0 Å². The highest BCUT2D eigenvalue weighted by Gasteiger charge is 2.21. The van der Waals surface area contributed by atoms with E-state index in [2.05, 4.69) is 31.3 Å². The van der Waals surface area contributed by atoms with Crippen LogP contribution in [0.4, 0.5) is 0 Å². The normalized spacial score (nSPS) is 14.6. The minimum Gasteiger partial charge on any atom is -0.385 e. The van der Waals surface area contributed by atoms with E-state index >= 15 is 0 Å². The van der Waals surface area contributed by atoms with Gasteiger partial charge in [-0.15, -0.1) is 11.8 Å². The van der Waals surface area contributed by atoms with Gasteiger partial charge in [0.05, 0.1) is 5.60 Å². The maximum Gasteiger partial charge on any atom is 0.0880 e. The molecule has 0 spiro atoms. The monoisotopic (exact) mass is 281 g/mol. The highest BCUT2D eigenvalue weighted by Crippen LogP contribution is 2.27. The predicted molar refractivity (Wildman–Crippen MR) is 84.7 cm³/mol. The molecule has 3 heteroatoms. The maximum atomic E-state index is 10.4. The molecule has 0 aliphatic carbocycles. The molecular weight excluding hydrogens is 254 g/mol. The molecule has 1 unspecified atom stereocenters. The number of hydrogen-bond acceptors (Lipinski definition) is 3. The van der Waals surface area contributed by atoms with Crippen LogP contribution in [0, 0.1) is 5.92 Å². The van der Waals surface area contributed by atoms with Crippen molar-refractivity contribution in [3.8, 4) is 0 Å². The van der Waals surface area contributed by atoms with Gasteiger partial charge >= 0.3 is 0 Å². The lowest BCUT2D eigenvalue weighted by molar-refractivity contribution is 0.0485. The van der Waals surface area contributed by atoms with Gasteiger partial charge in [-0.05, 0) is 62.7 Å². The summed E-state index contributed by atoms with van der Waals surface area (Å²) in [7, 11) is 1.91. The second kappa shape index (κ2) is 7.93. The first kappa shape index (κ1) is 16.5. The van der Waals surface area contributed by atoms with E-state index in [1.165, 1.54) is 11.3 Å². The van der Waals surface area contributed by atoms with Crippen LogP contribution in [0.5, 0.6) is 0 Å². The molecule has 0 saturated heterocycles. The minimum absolute atomic E-state index is 0.726. The Hall–Kier alpha value is -0.510. The molecule has 0 heterocycles. The van der Waals surface area contributed by atoms with Gasteiger partial charge in [-0.1, -0.05) is 26.0 Å². The molecule has 0 aliphatic rings. The zero-order valence-electron chi connectivity index (χ0n) is 12.6. The first-order valence-corrected chi connectivity index (χ1v) is 8.04. The summed E-state index contributed by atoms with van der Waals surface area (Å²) >= 11 is 1.89. The third-order valence-electron chi connectivity index (χ3n) is 3.30. The van der Waals surface area contributed by atoms with E-state index in [-0.39, 0.29) is 0 Å². The molecule has 0 fully saturated rings. The number of benzene rings is 1. The van der Waals surface area contributed by atoms with Gasteiger partial charge < -0.3 is 10.4 Å². The zero-order chi connectivity index (χ0) is 14.3. The molecule has 2 N–H and O–H groups in total. The molecule has 1 aromatic carbocycles. The smallest absolute Gasteiger partial charge is 0.0880 e. The second-order valence-corrected chi connectivity index (χ2v) is 6.85. The predicted octanol–water partition coefficient (Wildman–Crippen LogP) is 3.64. The van der Waals surface area contributed by atoms with Crippen LogP contribution < -0.4 is 5.32 Å². The topological polar surface area (TPSA) is 32.3 Å². The molecule has 2 nitrogen and oxygen atoms in total. The summed E-state index contributed by atoms with van der Waals surface area (Å²) in [5.41, 5.74) is 0.250. The van der Waals surface area contributed by atoms with Crippen LogP contribution >= 0.6 is 11.8 Å². The van der Waals surface area contributed by atoms with Crippen molar-refractivity contribution in [1.82, 2.24) is 5.32 Å². The molecule has 1 atom stereocenters. The van der Waals surface area contributed by atoms with Crippen LogP contribution in [0.1, 0.15) is 39.2 Å². The van der Waals surface area contributed by atoms with Crippen LogP contribution in [0.15, 0.2) is 29.2 Å². The summed E-state index contributed by atoms with van der Waals surface area (Å²) in [4.78, 5) is 1.29. The van der Waals surface area contributed by atoms with Gasteiger partial charge in [-0.2, -0.15) is 0 Å². The summed E-state index contributed by atoms with van der Waals surface area (Å²) in [6.07, 6.45) is 1.97. The molecule has 0 radical (unpaired) electrons. The molecule has 0 bridgehead atoms. The van der Waals surface area contributed by atoms with Crippen LogP contribution in [0.2, 0.25) is 0 Å². The van der Waals surface area contributed by atoms with Crippen molar-refractivity contribution in [3.05, 3.63) is 29.8 Å². The Balaban J connectivity index is 2.55. The fraction of sp³-hybridized carbons (Fsp3) is 0.625. The van der Waals surface area contributed by atoms with Gasteiger partial charge in [0.2, 0.25) is 0 Å². The SMILES string of the molecule is CNCCC(C)(O)c1ccc(SCCC(C)C)cc1. The average molecular weight is 281 g/mol. The number of thioether (sulfide) groups is 1. The largest absolute Gasteiger partial charge is 0.385 e. The quantitative estimate of drug-likeness (QED) is 0.714. The molecule has 0 amide bonds. The van der Waals surface area contributed by atoms with Crippen LogP contribution in [-0.4, -0.2) is 24.5 Å². The number of hydrogen-bond donors (Lipinski definition) is 2. The minimum atomic E-state index is -0.746. The molecule has 0 aliphatic heterocycles. The Morgan fingerprint density at radius 1 is 1.26 bits per heavy atom. The Labute approximate surface area is 122 Å². The summed E-state index contributed by atoms with van der Waals surface area (Å²) in [5.74, 6) is 1.92. The van der Waals surface area contributed by atoms with Crippen molar-refractivity contribution < 1.29 is 5.11 Å². The first-order chi connectivity index (χ1) is 8.95. The zero-order valence-corrected chi connectivity index (χ0v) is 13.4. The van der Waals surface area contributed by atoms with E-state index in [4.69, 9.17) is 0 Å². The number of rotatable bonds is 8. The first-order valence-electron chi connectivity index (χ1n) is 7.06. The molecule has 1 aromatic rings. The van der Waals surface area contributed by atoms with E-state index in [9.17, 15) is 5.11 Å². The summed E-state index contributed by atoms with van der Waals surface area (Å²) < 4.78 is 0. The Morgan fingerprint density at radius 3 is 2.42 bits per heavy atom. The van der Waals surface area contributed by atoms with E-state index in [1.807, 2.05) is 37.9 Å². The third kappa shape index (κ3) is 5.98. The Bertz CT molecular complexity index is 360. The summed E-state index contributed by atoms with van der Waals surface area (Å²) in [6, 6.07) is 8.34. The lowest BCUT2D eigenvalue weighted by Crippen LogP contribution is -2.26. The van der Waals surface area contributed by atoms with Crippen molar-refractivity contribution >= 4 is 11.8 Å². The van der Waals surface area contributed by atoms with Crippen LogP contribution in [-0.2, 0) is 5.60 Å². The van der Waals surface area contributed by atoms with Gasteiger partial charge in [-0.3, -0.25) is 0 Å². The summed E-state index contributed by atoms with van der Waals surface area (Å²) in [6.45, 7) is 7.20. The molecule has 0 aromatic heterocycles. The molecule has 108 valence electrons. The lowest BCUT2D eigenvalue weighted by atomic mass is 9.93. The fourth-order valence-corrected chi connectivity index (χ4v) is 2.99.